The van der Waals surface area contributed by atoms with Crippen molar-refractivity contribution in [1.29, 1.82) is 0 Å². The van der Waals surface area contributed by atoms with Gasteiger partial charge in [0.05, 0.1) is 0 Å². The highest BCUT2D eigenvalue weighted by atomic mass is 32.2. The Labute approximate surface area is 139 Å². The second-order valence-corrected chi connectivity index (χ2v) is 6.91. The topological polar surface area (TPSA) is 85.6 Å². The third-order valence-corrected chi connectivity index (χ3v) is 5.14. The van der Waals surface area contributed by atoms with Crippen molar-refractivity contribution in [2.45, 2.75) is 55.1 Å². The molecule has 0 bridgehead atoms. The Morgan fingerprint density at radius 2 is 1.87 bits per heavy atom. The second-order valence-electron chi connectivity index (χ2n) is 5.64. The molecule has 0 atom stereocenters. The molecule has 0 radical (unpaired) electrons. The van der Waals surface area contributed by atoms with Crippen molar-refractivity contribution >= 4 is 17.7 Å². The standard InChI is InChI=1S/C15H20N6OS/c22-14(6-9-21-10-18-19-11-21)20-12-2-4-13(5-3-12)23-15-16-7-1-8-17-15/h1,7-8,10-13H,2-6,9H2,(H,20,22). The molecule has 1 aliphatic rings. The Hall–Kier alpha value is -1.96. The van der Waals surface area contributed by atoms with Gasteiger partial charge >= 0.3 is 0 Å². The fraction of sp³-hybridized carbons (Fsp3) is 0.533. The van der Waals surface area contributed by atoms with E-state index < -0.39 is 0 Å². The maximum Gasteiger partial charge on any atom is 0.222 e. The number of hydrogen-bond donors (Lipinski definition) is 1. The van der Waals surface area contributed by atoms with E-state index in [4.69, 9.17) is 0 Å². The van der Waals surface area contributed by atoms with Crippen molar-refractivity contribution < 1.29 is 4.79 Å². The molecule has 3 rings (SSSR count). The van der Waals surface area contributed by atoms with Crippen LogP contribution < -0.4 is 5.32 Å². The monoisotopic (exact) mass is 332 g/mol. The predicted octanol–water partition coefficient (Wildman–Crippen LogP) is 1.68. The van der Waals surface area contributed by atoms with Crippen LogP contribution in [0.15, 0.2) is 36.3 Å². The number of aromatic nitrogens is 5. The van der Waals surface area contributed by atoms with E-state index in [0.29, 0.717) is 18.2 Å². The Morgan fingerprint density at radius 1 is 1.17 bits per heavy atom. The van der Waals surface area contributed by atoms with Gasteiger partial charge in [0.25, 0.3) is 0 Å². The van der Waals surface area contributed by atoms with Gasteiger partial charge in [-0.3, -0.25) is 4.79 Å². The minimum absolute atomic E-state index is 0.0983. The normalized spacial score (nSPS) is 21.0. The lowest BCUT2D eigenvalue weighted by atomic mass is 9.95. The lowest BCUT2D eigenvalue weighted by Crippen LogP contribution is -2.38. The lowest BCUT2D eigenvalue weighted by molar-refractivity contribution is -0.122. The van der Waals surface area contributed by atoms with E-state index in [1.807, 2.05) is 10.6 Å². The fourth-order valence-corrected chi connectivity index (χ4v) is 3.74. The third kappa shape index (κ3) is 5.02. The number of nitrogens with zero attached hydrogens (tertiary/aromatic N) is 5. The first-order valence-electron chi connectivity index (χ1n) is 7.85. The van der Waals surface area contributed by atoms with Gasteiger partial charge in [0.1, 0.15) is 12.7 Å². The number of carbonyl (C=O) groups is 1. The first-order valence-corrected chi connectivity index (χ1v) is 8.73. The van der Waals surface area contributed by atoms with Crippen LogP contribution in [0.3, 0.4) is 0 Å². The third-order valence-electron chi connectivity index (χ3n) is 3.92. The van der Waals surface area contributed by atoms with Crippen molar-refractivity contribution in [2.75, 3.05) is 0 Å². The van der Waals surface area contributed by atoms with E-state index in [2.05, 4.69) is 25.5 Å². The second kappa shape index (κ2) is 8.05. The van der Waals surface area contributed by atoms with Gasteiger partial charge in [0.15, 0.2) is 5.16 Å². The molecule has 2 aromatic rings. The van der Waals surface area contributed by atoms with Gasteiger partial charge in [-0.1, -0.05) is 11.8 Å². The van der Waals surface area contributed by atoms with E-state index in [9.17, 15) is 4.79 Å². The quantitative estimate of drug-likeness (QED) is 0.810. The summed E-state index contributed by atoms with van der Waals surface area (Å²) in [5.74, 6) is 0.0983. The zero-order valence-electron chi connectivity index (χ0n) is 12.8. The largest absolute Gasteiger partial charge is 0.353 e. The van der Waals surface area contributed by atoms with E-state index in [0.717, 1.165) is 30.8 Å². The molecule has 2 aromatic heterocycles. The minimum atomic E-state index is 0.0983. The molecule has 23 heavy (non-hydrogen) atoms. The fourth-order valence-electron chi connectivity index (χ4n) is 2.69. The van der Waals surface area contributed by atoms with Crippen LogP contribution in [0.5, 0.6) is 0 Å². The average Bonchev–Trinajstić information content (AvgIpc) is 3.09. The minimum Gasteiger partial charge on any atom is -0.353 e. The highest BCUT2D eigenvalue weighted by molar-refractivity contribution is 7.99. The van der Waals surface area contributed by atoms with Crippen molar-refractivity contribution in [3.05, 3.63) is 31.1 Å². The summed E-state index contributed by atoms with van der Waals surface area (Å²) in [4.78, 5) is 20.5. The van der Waals surface area contributed by atoms with Crippen LogP contribution in [-0.2, 0) is 11.3 Å². The van der Waals surface area contributed by atoms with Crippen molar-refractivity contribution in [3.63, 3.8) is 0 Å². The van der Waals surface area contributed by atoms with Crippen LogP contribution in [0.2, 0.25) is 0 Å². The Kier molecular flexibility index (Phi) is 5.57. The summed E-state index contributed by atoms with van der Waals surface area (Å²) >= 11 is 1.74. The molecule has 1 fully saturated rings. The highest BCUT2D eigenvalue weighted by Gasteiger charge is 2.23. The molecule has 1 amide bonds. The molecule has 7 nitrogen and oxygen atoms in total. The van der Waals surface area contributed by atoms with Crippen LogP contribution in [0, 0.1) is 0 Å². The maximum absolute atomic E-state index is 12.0. The molecule has 1 N–H and O–H groups in total. The number of rotatable bonds is 6. The first-order chi connectivity index (χ1) is 11.3. The molecule has 0 saturated heterocycles. The molecule has 0 unspecified atom stereocenters. The van der Waals surface area contributed by atoms with Crippen LogP contribution in [-0.4, -0.2) is 41.9 Å². The van der Waals surface area contributed by atoms with Crippen LogP contribution in [0.4, 0.5) is 0 Å². The smallest absolute Gasteiger partial charge is 0.222 e. The maximum atomic E-state index is 12.0. The van der Waals surface area contributed by atoms with Gasteiger partial charge in [-0.05, 0) is 31.7 Å². The predicted molar refractivity (Wildman–Crippen MR) is 86.7 cm³/mol. The molecular formula is C15H20N6OS. The molecule has 1 aliphatic carbocycles. The van der Waals surface area contributed by atoms with E-state index in [-0.39, 0.29) is 11.9 Å². The summed E-state index contributed by atoms with van der Waals surface area (Å²) in [6.45, 7) is 0.620. The summed E-state index contributed by atoms with van der Waals surface area (Å²) in [6.07, 6.45) is 11.5. The molecule has 1 saturated carbocycles. The summed E-state index contributed by atoms with van der Waals surface area (Å²) in [7, 11) is 0. The average molecular weight is 332 g/mol. The number of carbonyl (C=O) groups excluding carboxylic acids is 1. The van der Waals surface area contributed by atoms with E-state index in [1.54, 1.807) is 36.8 Å². The highest BCUT2D eigenvalue weighted by Crippen LogP contribution is 2.31. The summed E-state index contributed by atoms with van der Waals surface area (Å²) in [5, 5.41) is 12.0. The number of nitrogens with one attached hydrogen (secondary N) is 1. The molecule has 8 heteroatoms. The number of hydrogen-bond acceptors (Lipinski definition) is 6. The first kappa shape index (κ1) is 15.9. The zero-order chi connectivity index (χ0) is 15.9. The van der Waals surface area contributed by atoms with Crippen molar-refractivity contribution in [1.82, 2.24) is 30.0 Å². The molecule has 0 spiro atoms. The van der Waals surface area contributed by atoms with Gasteiger partial charge in [0.2, 0.25) is 5.91 Å². The van der Waals surface area contributed by atoms with Crippen molar-refractivity contribution in [3.8, 4) is 0 Å². The van der Waals surface area contributed by atoms with Gasteiger partial charge in [-0.15, -0.1) is 10.2 Å². The lowest BCUT2D eigenvalue weighted by Gasteiger charge is -2.28. The Morgan fingerprint density at radius 3 is 2.57 bits per heavy atom. The van der Waals surface area contributed by atoms with Crippen molar-refractivity contribution in [2.24, 2.45) is 0 Å². The van der Waals surface area contributed by atoms with Crippen LogP contribution in [0.1, 0.15) is 32.1 Å². The molecule has 2 heterocycles. The molecular weight excluding hydrogens is 312 g/mol. The van der Waals surface area contributed by atoms with Gasteiger partial charge in [-0.2, -0.15) is 0 Å². The molecule has 0 aliphatic heterocycles. The molecule has 0 aromatic carbocycles. The SMILES string of the molecule is O=C(CCn1cnnc1)NC1CCC(Sc2ncccn2)CC1. The van der Waals surface area contributed by atoms with Crippen LogP contribution >= 0.6 is 11.8 Å². The summed E-state index contributed by atoms with van der Waals surface area (Å²) in [5.41, 5.74) is 0. The summed E-state index contributed by atoms with van der Waals surface area (Å²) < 4.78 is 1.81. The van der Waals surface area contributed by atoms with E-state index >= 15 is 0 Å². The zero-order valence-corrected chi connectivity index (χ0v) is 13.7. The number of aryl methyl sites for hydroxylation is 1. The molecule has 122 valence electrons. The van der Waals surface area contributed by atoms with E-state index in [1.165, 1.54) is 0 Å². The number of thioether (sulfide) groups is 1. The van der Waals surface area contributed by atoms with Gasteiger partial charge in [0, 0.05) is 36.7 Å². The Balaban J connectivity index is 1.36. The summed E-state index contributed by atoms with van der Waals surface area (Å²) in [6, 6.07) is 2.12. The Bertz CT molecular complexity index is 598. The van der Waals surface area contributed by atoms with Gasteiger partial charge in [-0.25, -0.2) is 9.97 Å². The van der Waals surface area contributed by atoms with Gasteiger partial charge < -0.3 is 9.88 Å². The van der Waals surface area contributed by atoms with Crippen LogP contribution in [0.25, 0.3) is 0 Å². The number of amides is 1.